The molecule has 7 nitrogen and oxygen atoms in total. The molecule has 0 spiro atoms. The van der Waals surface area contributed by atoms with Gasteiger partial charge in [-0.2, -0.15) is 0 Å². The van der Waals surface area contributed by atoms with Crippen molar-refractivity contribution in [1.82, 2.24) is 14.5 Å². The molecule has 2 aromatic rings. The topological polar surface area (TPSA) is 90.9 Å². The molecule has 0 fully saturated rings. The van der Waals surface area contributed by atoms with E-state index in [1.807, 2.05) is 6.92 Å². The Hall–Kier alpha value is -1.87. The molecule has 2 aromatic heterocycles. The quantitative estimate of drug-likeness (QED) is 0.368. The van der Waals surface area contributed by atoms with Gasteiger partial charge in [0.1, 0.15) is 22.5 Å². The van der Waals surface area contributed by atoms with Crippen molar-refractivity contribution in [2.75, 3.05) is 0 Å². The molecule has 0 aliphatic carbocycles. The molecule has 0 atom stereocenters. The summed E-state index contributed by atoms with van der Waals surface area (Å²) in [4.78, 5) is 19.8. The number of hydrogen-bond acceptors (Lipinski definition) is 6. The Labute approximate surface area is 116 Å². The summed E-state index contributed by atoms with van der Waals surface area (Å²) in [6.07, 6.45) is 2.82. The van der Waals surface area contributed by atoms with Crippen LogP contribution < -0.4 is 0 Å². The second-order valence-corrected chi connectivity index (χ2v) is 5.44. The minimum absolute atomic E-state index is 0.127. The predicted octanol–water partition coefficient (Wildman–Crippen LogP) is 1.36. The molecular formula is C10H10N4O3S2. The van der Waals surface area contributed by atoms with E-state index < -0.39 is 4.92 Å². The number of imidazole rings is 1. The predicted molar refractivity (Wildman–Crippen MR) is 72.8 cm³/mol. The number of aryl methyl sites for hydroxylation is 1. The fourth-order valence-corrected chi connectivity index (χ4v) is 2.92. The molecule has 0 aromatic carbocycles. The molecule has 2 rings (SSSR count). The largest absolute Gasteiger partial charge is 0.358 e. The molecule has 9 heteroatoms. The second-order valence-electron chi connectivity index (χ2n) is 3.63. The molecule has 0 bridgehead atoms. The molecule has 2 heterocycles. The zero-order valence-electron chi connectivity index (χ0n) is 10.2. The summed E-state index contributed by atoms with van der Waals surface area (Å²) in [7, 11) is 0. The lowest BCUT2D eigenvalue weighted by molar-refractivity contribution is -0.392. The first-order valence-corrected chi connectivity index (χ1v) is 6.94. The van der Waals surface area contributed by atoms with Gasteiger partial charge in [0, 0.05) is 11.1 Å². The molecule has 0 aliphatic rings. The van der Waals surface area contributed by atoms with Gasteiger partial charge in [-0.3, -0.25) is 0 Å². The van der Waals surface area contributed by atoms with Crippen molar-refractivity contribution < 1.29 is 9.13 Å². The molecule has 19 heavy (non-hydrogen) atoms. The maximum absolute atomic E-state index is 11.3. The fourth-order valence-electron chi connectivity index (χ4n) is 1.63. The normalized spacial score (nSPS) is 10.4. The summed E-state index contributed by atoms with van der Waals surface area (Å²) in [5, 5.41) is 11.4. The van der Waals surface area contributed by atoms with Gasteiger partial charge in [0.25, 0.3) is 0 Å². The summed E-state index contributed by atoms with van der Waals surface area (Å²) in [5.41, 5.74) is 0. The number of aromatic nitrogens is 3. The van der Waals surface area contributed by atoms with E-state index in [1.54, 1.807) is 13.1 Å². The summed E-state index contributed by atoms with van der Waals surface area (Å²) in [6, 6.07) is 0. The van der Waals surface area contributed by atoms with Gasteiger partial charge in [0.2, 0.25) is 5.82 Å². The first-order chi connectivity index (χ1) is 9.08. The molecule has 0 saturated heterocycles. The molecule has 0 N–H and O–H groups in total. The number of hydrogen-bond donors (Lipinski definition) is 0. The molecule has 0 unspecified atom stereocenters. The molecule has 0 radical (unpaired) electrons. The molecular weight excluding hydrogens is 288 g/mol. The average Bonchev–Trinajstić information content (AvgIpc) is 2.97. The molecule has 0 saturated carbocycles. The SMILES string of the molecule is CCn1c([N+](=O)[O-])cnc1C(=S=O)c1ncc(C)s1. The number of nitro groups is 1. The van der Waals surface area contributed by atoms with E-state index in [0.717, 1.165) is 11.1 Å². The van der Waals surface area contributed by atoms with E-state index in [9.17, 15) is 14.3 Å². The summed E-state index contributed by atoms with van der Waals surface area (Å²) < 4.78 is 12.7. The van der Waals surface area contributed by atoms with Gasteiger partial charge < -0.3 is 10.1 Å². The van der Waals surface area contributed by atoms with Crippen LogP contribution >= 0.6 is 11.3 Å². The summed E-state index contributed by atoms with van der Waals surface area (Å²) in [5.74, 6) is 0.167. The third-order valence-corrected chi connectivity index (χ3v) is 4.04. The van der Waals surface area contributed by atoms with Crippen LogP contribution in [-0.2, 0) is 17.8 Å². The third kappa shape index (κ3) is 2.47. The lowest BCUT2D eigenvalue weighted by Gasteiger charge is -2.00. The van der Waals surface area contributed by atoms with Crippen molar-refractivity contribution in [3.63, 3.8) is 0 Å². The maximum Gasteiger partial charge on any atom is 0.343 e. The standard InChI is InChI=1S/C10H10N4O3S2/c1-3-13-7(14(15)16)5-11-9(13)8(19-17)10-12-4-6(2)18-10/h4-5H,3H2,1-2H3. The molecule has 0 amide bonds. The zero-order chi connectivity index (χ0) is 14.0. The fraction of sp³-hybridized carbons (Fsp3) is 0.300. The van der Waals surface area contributed by atoms with E-state index in [4.69, 9.17) is 0 Å². The summed E-state index contributed by atoms with van der Waals surface area (Å²) >= 11 is 1.61. The van der Waals surface area contributed by atoms with Crippen molar-refractivity contribution in [2.45, 2.75) is 20.4 Å². The van der Waals surface area contributed by atoms with Gasteiger partial charge in [-0.15, -0.1) is 11.3 Å². The van der Waals surface area contributed by atoms with E-state index in [1.165, 1.54) is 15.9 Å². The van der Waals surface area contributed by atoms with Crippen LogP contribution in [0, 0.1) is 17.0 Å². The van der Waals surface area contributed by atoms with Crippen molar-refractivity contribution in [3.8, 4) is 0 Å². The van der Waals surface area contributed by atoms with E-state index >= 15 is 0 Å². The maximum atomic E-state index is 11.3. The Morgan fingerprint density at radius 3 is 2.74 bits per heavy atom. The van der Waals surface area contributed by atoms with Crippen molar-refractivity contribution in [1.29, 1.82) is 0 Å². The first kappa shape index (κ1) is 13.6. The van der Waals surface area contributed by atoms with Crippen molar-refractivity contribution in [2.24, 2.45) is 0 Å². The highest BCUT2D eigenvalue weighted by Gasteiger charge is 2.25. The van der Waals surface area contributed by atoms with Crippen LogP contribution in [0.25, 0.3) is 0 Å². The van der Waals surface area contributed by atoms with Crippen molar-refractivity contribution >= 4 is 33.3 Å². The lowest BCUT2D eigenvalue weighted by Crippen LogP contribution is -2.13. The Kier molecular flexibility index (Phi) is 3.86. The highest BCUT2D eigenvalue weighted by molar-refractivity contribution is 7.68. The summed E-state index contributed by atoms with van der Waals surface area (Å²) in [6.45, 7) is 4.00. The highest BCUT2D eigenvalue weighted by Crippen LogP contribution is 2.19. The Morgan fingerprint density at radius 2 is 2.26 bits per heavy atom. The first-order valence-electron chi connectivity index (χ1n) is 5.38. The zero-order valence-corrected chi connectivity index (χ0v) is 11.8. The van der Waals surface area contributed by atoms with Crippen LogP contribution in [0.2, 0.25) is 0 Å². The minimum Gasteiger partial charge on any atom is -0.358 e. The van der Waals surface area contributed by atoms with Crippen LogP contribution in [-0.4, -0.2) is 28.5 Å². The van der Waals surface area contributed by atoms with Crippen molar-refractivity contribution in [3.05, 3.63) is 38.2 Å². The van der Waals surface area contributed by atoms with Gasteiger partial charge in [-0.25, -0.2) is 18.7 Å². The van der Waals surface area contributed by atoms with Gasteiger partial charge in [-0.05, 0) is 18.8 Å². The second kappa shape index (κ2) is 5.41. The van der Waals surface area contributed by atoms with E-state index in [0.29, 0.717) is 22.2 Å². The monoisotopic (exact) mass is 298 g/mol. The Balaban J connectivity index is 2.57. The minimum atomic E-state index is -0.514. The van der Waals surface area contributed by atoms with E-state index in [2.05, 4.69) is 9.97 Å². The van der Waals surface area contributed by atoms with E-state index in [-0.39, 0.29) is 17.1 Å². The van der Waals surface area contributed by atoms with Crippen LogP contribution in [0.15, 0.2) is 12.4 Å². The van der Waals surface area contributed by atoms with Gasteiger partial charge in [0.15, 0.2) is 4.86 Å². The van der Waals surface area contributed by atoms with Gasteiger partial charge in [0.05, 0.1) is 6.54 Å². The lowest BCUT2D eigenvalue weighted by atomic mass is 10.4. The van der Waals surface area contributed by atoms with Crippen LogP contribution in [0.3, 0.4) is 0 Å². The Morgan fingerprint density at radius 1 is 1.53 bits per heavy atom. The highest BCUT2D eigenvalue weighted by atomic mass is 32.1. The number of nitrogens with zero attached hydrogens (tertiary/aromatic N) is 4. The number of thiazole rings is 1. The molecule has 100 valence electrons. The smallest absolute Gasteiger partial charge is 0.343 e. The van der Waals surface area contributed by atoms with Crippen LogP contribution in [0.4, 0.5) is 5.82 Å². The number of rotatable bonds is 4. The third-order valence-electron chi connectivity index (χ3n) is 2.44. The Bertz CT molecular complexity index is 685. The van der Waals surface area contributed by atoms with Gasteiger partial charge >= 0.3 is 5.82 Å². The van der Waals surface area contributed by atoms with Gasteiger partial charge in [-0.1, -0.05) is 0 Å². The molecule has 0 aliphatic heterocycles. The van der Waals surface area contributed by atoms with Crippen LogP contribution in [0.5, 0.6) is 0 Å². The average molecular weight is 298 g/mol. The van der Waals surface area contributed by atoms with Crippen LogP contribution in [0.1, 0.15) is 22.6 Å².